The summed E-state index contributed by atoms with van der Waals surface area (Å²) < 4.78 is 7.06. The summed E-state index contributed by atoms with van der Waals surface area (Å²) in [6.45, 7) is 2.08. The molecule has 0 fully saturated rings. The zero-order valence-corrected chi connectivity index (χ0v) is 16.7. The first-order valence-electron chi connectivity index (χ1n) is 6.62. The first kappa shape index (κ1) is 16.8. The Hall–Kier alpha value is -1.09. The largest absolute Gasteiger partial charge is 0.461 e. The van der Waals surface area contributed by atoms with Gasteiger partial charge in [0.15, 0.2) is 11.5 Å². The lowest BCUT2D eigenvalue weighted by Gasteiger charge is -2.06. The fourth-order valence-electron chi connectivity index (χ4n) is 1.91. The quantitative estimate of drug-likeness (QED) is 0.460. The fourth-order valence-corrected chi connectivity index (χ4v) is 4.19. The second-order valence-corrected chi connectivity index (χ2v) is 9.04. The highest BCUT2D eigenvalue weighted by molar-refractivity contribution is 9.11. The number of carbonyl (C=O) groups excluding carboxylic acids is 1. The predicted octanol–water partition coefficient (Wildman–Crippen LogP) is 5.64. The van der Waals surface area contributed by atoms with Crippen LogP contribution in [0.5, 0.6) is 0 Å². The monoisotopic (exact) mass is 472 g/mol. The number of rotatable bonds is 4. The molecule has 0 aliphatic heterocycles. The molecule has 3 heterocycles. The summed E-state index contributed by atoms with van der Waals surface area (Å²) in [5.74, 6) is 0.0656. The topological polar surface area (TPSA) is 52.1 Å². The van der Waals surface area contributed by atoms with E-state index >= 15 is 0 Å². The van der Waals surface area contributed by atoms with Crippen LogP contribution in [0.4, 0.5) is 0 Å². The van der Waals surface area contributed by atoms with Gasteiger partial charge in [0.2, 0.25) is 0 Å². The van der Waals surface area contributed by atoms with Crippen molar-refractivity contribution in [3.05, 3.63) is 42.2 Å². The van der Waals surface area contributed by atoms with Crippen molar-refractivity contribution < 1.29 is 9.53 Å². The van der Waals surface area contributed by atoms with E-state index in [0.29, 0.717) is 18.1 Å². The van der Waals surface area contributed by atoms with Crippen LogP contribution >= 0.6 is 54.5 Å². The maximum Gasteiger partial charge on any atom is 0.357 e. The van der Waals surface area contributed by atoms with Crippen LogP contribution in [0.25, 0.3) is 22.6 Å². The molecule has 8 heteroatoms. The Morgan fingerprint density at radius 3 is 2.30 bits per heavy atom. The lowest BCUT2D eigenvalue weighted by molar-refractivity contribution is 0.0519. The Kier molecular flexibility index (Phi) is 5.25. The van der Waals surface area contributed by atoms with E-state index in [1.54, 1.807) is 35.7 Å². The summed E-state index contributed by atoms with van der Waals surface area (Å²) in [6.07, 6.45) is 0. The highest BCUT2D eigenvalue weighted by Crippen LogP contribution is 2.31. The number of ether oxygens (including phenoxy) is 1. The van der Waals surface area contributed by atoms with Crippen LogP contribution in [-0.2, 0) is 4.74 Å². The van der Waals surface area contributed by atoms with Crippen LogP contribution < -0.4 is 0 Å². The number of thiophene rings is 2. The molecule has 0 atom stereocenters. The van der Waals surface area contributed by atoms with Crippen molar-refractivity contribution in [2.75, 3.05) is 6.61 Å². The van der Waals surface area contributed by atoms with Crippen molar-refractivity contribution in [2.45, 2.75) is 6.92 Å². The summed E-state index contributed by atoms with van der Waals surface area (Å²) in [5, 5.41) is 3.93. The van der Waals surface area contributed by atoms with Crippen LogP contribution in [-0.4, -0.2) is 22.5 Å². The van der Waals surface area contributed by atoms with Crippen LogP contribution in [0, 0.1) is 0 Å². The van der Waals surface area contributed by atoms with Gasteiger partial charge in [0.25, 0.3) is 0 Å². The molecule has 0 saturated carbocycles. The average molecular weight is 474 g/mol. The lowest BCUT2D eigenvalue weighted by Crippen LogP contribution is -2.09. The van der Waals surface area contributed by atoms with Crippen molar-refractivity contribution in [2.24, 2.45) is 0 Å². The van der Waals surface area contributed by atoms with Crippen LogP contribution in [0.2, 0.25) is 0 Å². The van der Waals surface area contributed by atoms with E-state index in [-0.39, 0.29) is 5.69 Å². The molecule has 0 bridgehead atoms. The van der Waals surface area contributed by atoms with Crippen molar-refractivity contribution in [3.8, 4) is 22.6 Å². The molecular formula is C15H10Br2N2O2S2. The lowest BCUT2D eigenvalue weighted by atomic mass is 10.2. The molecule has 0 saturated heterocycles. The second kappa shape index (κ2) is 7.21. The minimum atomic E-state index is -0.444. The maximum atomic E-state index is 12.1. The number of aromatic nitrogens is 2. The van der Waals surface area contributed by atoms with Gasteiger partial charge in [-0.25, -0.2) is 14.8 Å². The van der Waals surface area contributed by atoms with E-state index in [4.69, 9.17) is 4.74 Å². The van der Waals surface area contributed by atoms with Gasteiger partial charge in [0.1, 0.15) is 0 Å². The average Bonchev–Trinajstić information content (AvgIpc) is 3.16. The van der Waals surface area contributed by atoms with Crippen molar-refractivity contribution in [1.29, 1.82) is 0 Å². The van der Waals surface area contributed by atoms with Crippen molar-refractivity contribution >= 4 is 60.5 Å². The highest BCUT2D eigenvalue weighted by atomic mass is 79.9. The SMILES string of the molecule is CCOC(=O)c1cc(-c2csc(Br)c2)nc(-c2csc(Br)c2)n1. The number of carbonyl (C=O) groups is 1. The van der Waals surface area contributed by atoms with E-state index in [9.17, 15) is 4.79 Å². The molecule has 3 aromatic heterocycles. The minimum absolute atomic E-state index is 0.261. The van der Waals surface area contributed by atoms with Gasteiger partial charge in [-0.3, -0.25) is 0 Å². The Morgan fingerprint density at radius 2 is 1.74 bits per heavy atom. The van der Waals surface area contributed by atoms with Gasteiger partial charge in [-0.15, -0.1) is 22.7 Å². The van der Waals surface area contributed by atoms with Crippen LogP contribution in [0.15, 0.2) is 36.5 Å². The molecule has 0 unspecified atom stereocenters. The van der Waals surface area contributed by atoms with E-state index in [0.717, 1.165) is 18.7 Å². The van der Waals surface area contributed by atoms with Gasteiger partial charge >= 0.3 is 5.97 Å². The molecule has 0 spiro atoms. The van der Waals surface area contributed by atoms with Gasteiger partial charge in [-0.05, 0) is 57.0 Å². The van der Waals surface area contributed by atoms with Crippen LogP contribution in [0.1, 0.15) is 17.4 Å². The van der Waals surface area contributed by atoms with Crippen molar-refractivity contribution in [1.82, 2.24) is 9.97 Å². The zero-order chi connectivity index (χ0) is 16.4. The highest BCUT2D eigenvalue weighted by Gasteiger charge is 2.16. The molecule has 0 aliphatic carbocycles. The van der Waals surface area contributed by atoms with E-state index in [1.807, 2.05) is 22.9 Å². The molecule has 0 amide bonds. The Bertz CT molecular complexity index is 802. The molecule has 3 rings (SSSR count). The van der Waals surface area contributed by atoms with Gasteiger partial charge in [-0.1, -0.05) is 0 Å². The number of hydrogen-bond donors (Lipinski definition) is 0. The van der Waals surface area contributed by atoms with Crippen LogP contribution in [0.3, 0.4) is 0 Å². The zero-order valence-electron chi connectivity index (χ0n) is 11.9. The Labute approximate surface area is 157 Å². The standard InChI is InChI=1S/C15H10Br2N2O2S2/c1-2-21-15(20)11-5-10(8-3-12(16)22-6-8)18-14(19-11)9-4-13(17)23-7-9/h3-7H,2H2,1H3. The van der Waals surface area contributed by atoms with Gasteiger partial charge in [-0.2, -0.15) is 0 Å². The first-order chi connectivity index (χ1) is 11.1. The number of nitrogens with zero attached hydrogens (tertiary/aromatic N) is 2. The number of hydrogen-bond acceptors (Lipinski definition) is 6. The third kappa shape index (κ3) is 3.88. The number of esters is 1. The molecule has 118 valence electrons. The molecule has 23 heavy (non-hydrogen) atoms. The number of halogens is 2. The van der Waals surface area contributed by atoms with E-state index < -0.39 is 5.97 Å². The molecule has 0 radical (unpaired) electrons. The summed E-state index contributed by atoms with van der Waals surface area (Å²) in [5.41, 5.74) is 2.76. The minimum Gasteiger partial charge on any atom is -0.461 e. The third-order valence-corrected chi connectivity index (χ3v) is 5.91. The summed E-state index contributed by atoms with van der Waals surface area (Å²) >= 11 is 9.99. The first-order valence-corrected chi connectivity index (χ1v) is 9.96. The van der Waals surface area contributed by atoms with E-state index in [1.165, 1.54) is 0 Å². The molecule has 0 aromatic carbocycles. The predicted molar refractivity (Wildman–Crippen MR) is 100 cm³/mol. The molecular weight excluding hydrogens is 464 g/mol. The Morgan fingerprint density at radius 1 is 1.09 bits per heavy atom. The molecule has 0 aliphatic rings. The van der Waals surface area contributed by atoms with Gasteiger partial charge < -0.3 is 4.74 Å². The summed E-state index contributed by atoms with van der Waals surface area (Å²) in [6, 6.07) is 5.56. The van der Waals surface area contributed by atoms with Crippen molar-refractivity contribution in [3.63, 3.8) is 0 Å². The maximum absolute atomic E-state index is 12.1. The summed E-state index contributed by atoms with van der Waals surface area (Å²) in [4.78, 5) is 21.1. The van der Waals surface area contributed by atoms with Gasteiger partial charge in [0, 0.05) is 21.9 Å². The molecule has 3 aromatic rings. The fraction of sp³-hybridized carbons (Fsp3) is 0.133. The Balaban J connectivity index is 2.12. The summed E-state index contributed by atoms with van der Waals surface area (Å²) in [7, 11) is 0. The molecule has 0 N–H and O–H groups in total. The smallest absolute Gasteiger partial charge is 0.357 e. The van der Waals surface area contributed by atoms with Gasteiger partial charge in [0.05, 0.1) is 19.9 Å². The second-order valence-electron chi connectivity index (χ2n) is 4.46. The molecule has 4 nitrogen and oxygen atoms in total. The third-order valence-electron chi connectivity index (χ3n) is 2.90. The van der Waals surface area contributed by atoms with E-state index in [2.05, 4.69) is 41.8 Å². The normalized spacial score (nSPS) is 10.7.